The van der Waals surface area contributed by atoms with Crippen molar-refractivity contribution in [3.8, 4) is 5.69 Å². The van der Waals surface area contributed by atoms with Crippen LogP contribution in [0.5, 0.6) is 0 Å². The minimum Gasteiger partial charge on any atom is -0.375 e. The van der Waals surface area contributed by atoms with Gasteiger partial charge >= 0.3 is 11.8 Å². The summed E-state index contributed by atoms with van der Waals surface area (Å²) < 4.78 is 1.60. The number of anilines is 2. The number of aromatic nitrogens is 3. The van der Waals surface area contributed by atoms with E-state index in [1.165, 1.54) is 6.33 Å². The lowest BCUT2D eigenvalue weighted by atomic mass is 10.2. The lowest BCUT2D eigenvalue weighted by Gasteiger charge is -2.19. The van der Waals surface area contributed by atoms with Crippen LogP contribution in [0.25, 0.3) is 5.69 Å². The molecule has 0 aliphatic carbocycles. The van der Waals surface area contributed by atoms with Crippen LogP contribution in [0.3, 0.4) is 0 Å². The summed E-state index contributed by atoms with van der Waals surface area (Å²) in [6.07, 6.45) is 3.75. The van der Waals surface area contributed by atoms with Gasteiger partial charge in [0.15, 0.2) is 0 Å². The molecule has 144 valence electrons. The molecule has 1 heterocycles. The monoisotopic (exact) mass is 378 g/mol. The molecule has 0 atom stereocenters. The predicted molar refractivity (Wildman–Crippen MR) is 107 cm³/mol. The highest BCUT2D eigenvalue weighted by molar-refractivity contribution is 6.39. The van der Waals surface area contributed by atoms with Crippen LogP contribution in [0.2, 0.25) is 0 Å². The van der Waals surface area contributed by atoms with Crippen LogP contribution in [-0.4, -0.2) is 46.7 Å². The average molecular weight is 378 g/mol. The second-order valence-corrected chi connectivity index (χ2v) is 6.21. The first kappa shape index (κ1) is 19.1. The van der Waals surface area contributed by atoms with E-state index in [9.17, 15) is 9.59 Å². The number of carbonyl (C=O) groups is 2. The molecular weight excluding hydrogens is 356 g/mol. The zero-order valence-electron chi connectivity index (χ0n) is 15.6. The summed E-state index contributed by atoms with van der Waals surface area (Å²) >= 11 is 0. The van der Waals surface area contributed by atoms with E-state index >= 15 is 0 Å². The van der Waals surface area contributed by atoms with E-state index in [0.717, 1.165) is 24.3 Å². The molecule has 0 fully saturated rings. The Bertz CT molecular complexity index is 894. The maximum absolute atomic E-state index is 12.0. The fourth-order valence-corrected chi connectivity index (χ4v) is 2.64. The molecule has 2 aromatic carbocycles. The van der Waals surface area contributed by atoms with Gasteiger partial charge in [0.25, 0.3) is 0 Å². The summed E-state index contributed by atoms with van der Waals surface area (Å²) in [6.45, 7) is 1.20. The molecule has 3 aromatic rings. The molecule has 0 bridgehead atoms. The number of nitrogens with one attached hydrogen (secondary N) is 2. The third-order valence-corrected chi connectivity index (χ3v) is 4.17. The number of hydrogen-bond acceptors (Lipinski definition) is 5. The second kappa shape index (κ2) is 9.31. The van der Waals surface area contributed by atoms with Crippen molar-refractivity contribution in [2.45, 2.75) is 6.42 Å². The third-order valence-electron chi connectivity index (χ3n) is 4.17. The van der Waals surface area contributed by atoms with Crippen molar-refractivity contribution in [3.63, 3.8) is 0 Å². The Hall–Kier alpha value is -3.68. The summed E-state index contributed by atoms with van der Waals surface area (Å²) in [7, 11) is 1.99. The minimum absolute atomic E-state index is 0.425. The van der Waals surface area contributed by atoms with E-state index in [0.29, 0.717) is 12.2 Å². The lowest BCUT2D eigenvalue weighted by molar-refractivity contribution is -0.136. The van der Waals surface area contributed by atoms with E-state index in [1.807, 2.05) is 37.4 Å². The first-order valence-corrected chi connectivity index (χ1v) is 8.94. The van der Waals surface area contributed by atoms with E-state index in [4.69, 9.17) is 0 Å². The van der Waals surface area contributed by atoms with Crippen molar-refractivity contribution in [2.24, 2.45) is 0 Å². The summed E-state index contributed by atoms with van der Waals surface area (Å²) in [5, 5.41) is 9.26. The van der Waals surface area contributed by atoms with Crippen LogP contribution in [0.15, 0.2) is 67.3 Å². The van der Waals surface area contributed by atoms with E-state index in [1.54, 1.807) is 35.3 Å². The Morgan fingerprint density at radius 3 is 2.46 bits per heavy atom. The summed E-state index contributed by atoms with van der Waals surface area (Å²) in [5.41, 5.74) is 2.45. The normalized spacial score (nSPS) is 10.3. The highest BCUT2D eigenvalue weighted by Crippen LogP contribution is 2.12. The number of para-hydroxylation sites is 1. The van der Waals surface area contributed by atoms with Gasteiger partial charge in [-0.1, -0.05) is 18.2 Å². The average Bonchev–Trinajstić information content (AvgIpc) is 3.27. The van der Waals surface area contributed by atoms with Crippen molar-refractivity contribution in [3.05, 3.63) is 67.3 Å². The first-order valence-electron chi connectivity index (χ1n) is 8.94. The predicted octanol–water partition coefficient (Wildman–Crippen LogP) is 1.85. The van der Waals surface area contributed by atoms with Crippen LogP contribution in [0.1, 0.15) is 6.42 Å². The standard InChI is InChI=1S/C20H22N6O2/c1-25(17-6-3-2-4-7-17)13-5-12-22-19(27)20(28)24-16-8-10-18(11-9-16)26-15-21-14-23-26/h2-4,6-11,14-15H,5,12-13H2,1H3,(H,22,27)(H,24,28). The van der Waals surface area contributed by atoms with Crippen LogP contribution in [-0.2, 0) is 9.59 Å². The van der Waals surface area contributed by atoms with Gasteiger partial charge in [-0.25, -0.2) is 9.67 Å². The highest BCUT2D eigenvalue weighted by Gasteiger charge is 2.13. The molecule has 0 saturated carbocycles. The molecule has 3 rings (SSSR count). The lowest BCUT2D eigenvalue weighted by Crippen LogP contribution is -2.36. The molecular formula is C20H22N6O2. The van der Waals surface area contributed by atoms with Crippen molar-refractivity contribution >= 4 is 23.2 Å². The van der Waals surface area contributed by atoms with Gasteiger partial charge in [-0.05, 0) is 42.8 Å². The van der Waals surface area contributed by atoms with Crippen molar-refractivity contribution < 1.29 is 9.59 Å². The zero-order valence-corrected chi connectivity index (χ0v) is 15.6. The Labute approximate surface area is 163 Å². The Kier molecular flexibility index (Phi) is 6.35. The second-order valence-electron chi connectivity index (χ2n) is 6.21. The third kappa shape index (κ3) is 5.16. The van der Waals surface area contributed by atoms with Crippen LogP contribution >= 0.6 is 0 Å². The summed E-state index contributed by atoms with van der Waals surface area (Å²) in [4.78, 5) is 30.0. The SMILES string of the molecule is CN(CCCNC(=O)C(=O)Nc1ccc(-n2cncn2)cc1)c1ccccc1. The van der Waals surface area contributed by atoms with Gasteiger partial charge in [0.1, 0.15) is 12.7 Å². The molecule has 0 saturated heterocycles. The topological polar surface area (TPSA) is 92.2 Å². The first-order chi connectivity index (χ1) is 13.6. The molecule has 2 N–H and O–H groups in total. The van der Waals surface area contributed by atoms with Crippen LogP contribution in [0, 0.1) is 0 Å². The van der Waals surface area contributed by atoms with Gasteiger partial charge in [0.2, 0.25) is 0 Å². The molecule has 2 amide bonds. The fourth-order valence-electron chi connectivity index (χ4n) is 2.64. The van der Waals surface area contributed by atoms with Gasteiger partial charge in [-0.2, -0.15) is 5.10 Å². The van der Waals surface area contributed by atoms with E-state index in [2.05, 4.69) is 25.6 Å². The molecule has 8 heteroatoms. The number of amides is 2. The maximum atomic E-state index is 12.0. The van der Waals surface area contributed by atoms with Gasteiger partial charge in [0.05, 0.1) is 5.69 Å². The molecule has 0 aliphatic rings. The Morgan fingerprint density at radius 1 is 1.04 bits per heavy atom. The smallest absolute Gasteiger partial charge is 0.313 e. The van der Waals surface area contributed by atoms with Crippen molar-refractivity contribution in [2.75, 3.05) is 30.4 Å². The highest BCUT2D eigenvalue weighted by atomic mass is 16.2. The number of carbonyl (C=O) groups excluding carboxylic acids is 2. The molecule has 1 aromatic heterocycles. The van der Waals surface area contributed by atoms with Gasteiger partial charge in [-0.15, -0.1) is 0 Å². The van der Waals surface area contributed by atoms with Crippen molar-refractivity contribution in [1.29, 1.82) is 0 Å². The van der Waals surface area contributed by atoms with Gasteiger partial charge in [0, 0.05) is 31.5 Å². The van der Waals surface area contributed by atoms with Crippen molar-refractivity contribution in [1.82, 2.24) is 20.1 Å². The molecule has 0 unspecified atom stereocenters. The van der Waals surface area contributed by atoms with E-state index in [-0.39, 0.29) is 0 Å². The maximum Gasteiger partial charge on any atom is 0.313 e. The Balaban J connectivity index is 1.40. The fraction of sp³-hybridized carbons (Fsp3) is 0.200. The summed E-state index contributed by atoms with van der Waals surface area (Å²) in [5.74, 6) is -1.34. The molecule has 0 aliphatic heterocycles. The number of nitrogens with zero attached hydrogens (tertiary/aromatic N) is 4. The van der Waals surface area contributed by atoms with Gasteiger partial charge in [-0.3, -0.25) is 9.59 Å². The molecule has 0 spiro atoms. The quantitative estimate of drug-likeness (QED) is 0.484. The molecule has 28 heavy (non-hydrogen) atoms. The van der Waals surface area contributed by atoms with E-state index < -0.39 is 11.8 Å². The number of rotatable bonds is 7. The molecule has 0 radical (unpaired) electrons. The van der Waals surface area contributed by atoms with Crippen LogP contribution < -0.4 is 15.5 Å². The largest absolute Gasteiger partial charge is 0.375 e. The molecule has 8 nitrogen and oxygen atoms in total. The number of hydrogen-bond donors (Lipinski definition) is 2. The van der Waals surface area contributed by atoms with Crippen LogP contribution in [0.4, 0.5) is 11.4 Å². The van der Waals surface area contributed by atoms with Gasteiger partial charge < -0.3 is 15.5 Å². The zero-order chi connectivity index (χ0) is 19.8. The Morgan fingerprint density at radius 2 is 1.79 bits per heavy atom. The summed E-state index contributed by atoms with van der Waals surface area (Å²) in [6, 6.07) is 17.0. The number of benzene rings is 2. The minimum atomic E-state index is -0.690.